The first-order chi connectivity index (χ1) is 12.0. The lowest BCUT2D eigenvalue weighted by molar-refractivity contribution is -0.130. The molecule has 6 nitrogen and oxygen atoms in total. The number of halogens is 1. The number of nitrogens with zero attached hydrogens (tertiary/aromatic N) is 4. The summed E-state index contributed by atoms with van der Waals surface area (Å²) in [4.78, 5) is 21.9. The number of hydrogen-bond donors (Lipinski definition) is 1. The van der Waals surface area contributed by atoms with Crippen LogP contribution in [0, 0.1) is 5.82 Å². The lowest BCUT2D eigenvalue weighted by Gasteiger charge is -2.34. The Balaban J connectivity index is 1.73. The van der Waals surface area contributed by atoms with Gasteiger partial charge in [-0.3, -0.25) is 14.7 Å². The second kappa shape index (κ2) is 9.36. The summed E-state index contributed by atoms with van der Waals surface area (Å²) in [5.74, 6) is 0.742. The van der Waals surface area contributed by atoms with Crippen LogP contribution >= 0.6 is 0 Å². The molecule has 0 aliphatic carbocycles. The number of nitrogens with one attached hydrogen (secondary N) is 1. The van der Waals surface area contributed by atoms with Crippen LogP contribution in [-0.2, 0) is 11.3 Å². The van der Waals surface area contributed by atoms with E-state index in [1.165, 1.54) is 12.1 Å². The van der Waals surface area contributed by atoms with E-state index < -0.39 is 0 Å². The molecule has 138 valence electrons. The molecular formula is C18H28FN5O. The van der Waals surface area contributed by atoms with Crippen LogP contribution in [0.1, 0.15) is 12.5 Å². The predicted molar refractivity (Wildman–Crippen MR) is 97.9 cm³/mol. The highest BCUT2D eigenvalue weighted by molar-refractivity contribution is 5.79. The van der Waals surface area contributed by atoms with Gasteiger partial charge in [-0.25, -0.2) is 4.39 Å². The summed E-state index contributed by atoms with van der Waals surface area (Å²) in [6.07, 6.45) is 0. The molecule has 1 amide bonds. The van der Waals surface area contributed by atoms with E-state index >= 15 is 0 Å². The van der Waals surface area contributed by atoms with Crippen molar-refractivity contribution in [2.24, 2.45) is 4.99 Å². The minimum absolute atomic E-state index is 0.153. The zero-order valence-electron chi connectivity index (χ0n) is 15.3. The molecule has 1 saturated heterocycles. The molecule has 1 heterocycles. The van der Waals surface area contributed by atoms with Crippen LogP contribution in [0.3, 0.4) is 0 Å². The van der Waals surface area contributed by atoms with Crippen molar-refractivity contribution in [3.8, 4) is 0 Å². The third-order valence-corrected chi connectivity index (χ3v) is 4.44. The van der Waals surface area contributed by atoms with Gasteiger partial charge in [0.05, 0.1) is 0 Å². The Hall–Kier alpha value is -2.15. The van der Waals surface area contributed by atoms with Crippen molar-refractivity contribution in [2.75, 3.05) is 53.4 Å². The molecule has 1 aliphatic heterocycles. The van der Waals surface area contributed by atoms with Gasteiger partial charge in [0, 0.05) is 66.8 Å². The SMILES string of the molecule is CN=C(NCCN1CCN(C(C)=O)CC1)N(C)Cc1ccc(F)cc1. The Kier molecular flexibility index (Phi) is 7.18. The van der Waals surface area contributed by atoms with Gasteiger partial charge in [-0.15, -0.1) is 0 Å². The number of amides is 1. The van der Waals surface area contributed by atoms with Crippen LogP contribution in [0.25, 0.3) is 0 Å². The van der Waals surface area contributed by atoms with Crippen molar-refractivity contribution in [1.29, 1.82) is 0 Å². The molecule has 0 atom stereocenters. The lowest BCUT2D eigenvalue weighted by atomic mass is 10.2. The maximum atomic E-state index is 13.0. The zero-order chi connectivity index (χ0) is 18.2. The van der Waals surface area contributed by atoms with Gasteiger partial charge in [0.25, 0.3) is 0 Å². The summed E-state index contributed by atoms with van der Waals surface area (Å²) in [7, 11) is 3.72. The molecule has 0 aromatic heterocycles. The molecule has 1 aromatic carbocycles. The fourth-order valence-corrected chi connectivity index (χ4v) is 2.94. The first-order valence-electron chi connectivity index (χ1n) is 8.63. The fourth-order valence-electron chi connectivity index (χ4n) is 2.94. The predicted octanol–water partition coefficient (Wildman–Crippen LogP) is 0.997. The monoisotopic (exact) mass is 349 g/mol. The molecule has 7 heteroatoms. The van der Waals surface area contributed by atoms with E-state index in [4.69, 9.17) is 0 Å². The highest BCUT2D eigenvalue weighted by Gasteiger charge is 2.18. The highest BCUT2D eigenvalue weighted by atomic mass is 19.1. The number of hydrogen-bond acceptors (Lipinski definition) is 3. The smallest absolute Gasteiger partial charge is 0.219 e. The van der Waals surface area contributed by atoms with Crippen molar-refractivity contribution < 1.29 is 9.18 Å². The summed E-state index contributed by atoms with van der Waals surface area (Å²) in [6.45, 7) is 7.41. The molecule has 0 saturated carbocycles. The Morgan fingerprint density at radius 2 is 1.88 bits per heavy atom. The van der Waals surface area contributed by atoms with Crippen LogP contribution in [-0.4, -0.2) is 79.9 Å². The van der Waals surface area contributed by atoms with Crippen LogP contribution in [0.2, 0.25) is 0 Å². The van der Waals surface area contributed by atoms with E-state index in [1.807, 2.05) is 16.8 Å². The first-order valence-corrected chi connectivity index (χ1v) is 8.63. The van der Waals surface area contributed by atoms with E-state index in [1.54, 1.807) is 26.1 Å². The first kappa shape index (κ1) is 19.2. The quantitative estimate of drug-likeness (QED) is 0.636. The fraction of sp³-hybridized carbons (Fsp3) is 0.556. The van der Waals surface area contributed by atoms with E-state index in [2.05, 4.69) is 15.2 Å². The van der Waals surface area contributed by atoms with Gasteiger partial charge >= 0.3 is 0 Å². The molecule has 0 bridgehead atoms. The normalized spacial score (nSPS) is 16.0. The van der Waals surface area contributed by atoms with Crippen LogP contribution in [0.15, 0.2) is 29.3 Å². The molecule has 0 unspecified atom stereocenters. The second-order valence-electron chi connectivity index (χ2n) is 6.30. The summed E-state index contributed by atoms with van der Waals surface area (Å²) >= 11 is 0. The van der Waals surface area contributed by atoms with Crippen molar-refractivity contribution in [3.63, 3.8) is 0 Å². The third kappa shape index (κ3) is 6.01. The molecule has 1 fully saturated rings. The van der Waals surface area contributed by atoms with Gasteiger partial charge in [-0.2, -0.15) is 0 Å². The number of guanidine groups is 1. The Morgan fingerprint density at radius 1 is 1.24 bits per heavy atom. The molecule has 0 radical (unpaired) electrons. The minimum Gasteiger partial charge on any atom is -0.355 e. The van der Waals surface area contributed by atoms with Crippen LogP contribution < -0.4 is 5.32 Å². The second-order valence-corrected chi connectivity index (χ2v) is 6.30. The van der Waals surface area contributed by atoms with Crippen LogP contribution in [0.5, 0.6) is 0 Å². The van der Waals surface area contributed by atoms with Crippen molar-refractivity contribution in [3.05, 3.63) is 35.6 Å². The number of benzene rings is 1. The van der Waals surface area contributed by atoms with Gasteiger partial charge in [0.15, 0.2) is 5.96 Å². The van der Waals surface area contributed by atoms with E-state index in [0.717, 1.165) is 50.8 Å². The molecule has 1 aromatic rings. The molecule has 1 N–H and O–H groups in total. The standard InChI is InChI=1S/C18H28FN5O/c1-15(25)24-12-10-23(11-13-24)9-8-21-18(20-2)22(3)14-16-4-6-17(19)7-5-16/h4-7H,8-14H2,1-3H3,(H,20,21). The molecule has 25 heavy (non-hydrogen) atoms. The maximum absolute atomic E-state index is 13.0. The number of carbonyl (C=O) groups is 1. The Bertz CT molecular complexity index is 582. The van der Waals surface area contributed by atoms with Crippen molar-refractivity contribution in [2.45, 2.75) is 13.5 Å². The summed E-state index contributed by atoms with van der Waals surface area (Å²) in [6, 6.07) is 6.52. The summed E-state index contributed by atoms with van der Waals surface area (Å²) in [5.41, 5.74) is 1.03. The largest absolute Gasteiger partial charge is 0.355 e. The van der Waals surface area contributed by atoms with E-state index in [0.29, 0.717) is 6.54 Å². The Labute approximate surface area is 149 Å². The average molecular weight is 349 g/mol. The third-order valence-electron chi connectivity index (χ3n) is 4.44. The van der Waals surface area contributed by atoms with Gasteiger partial charge in [-0.05, 0) is 17.7 Å². The molecule has 1 aliphatic rings. The summed E-state index contributed by atoms with van der Waals surface area (Å²) < 4.78 is 13.0. The van der Waals surface area contributed by atoms with Crippen molar-refractivity contribution in [1.82, 2.24) is 20.0 Å². The number of carbonyl (C=O) groups excluding carboxylic acids is 1. The molecule has 0 spiro atoms. The van der Waals surface area contributed by atoms with Gasteiger partial charge in [0.2, 0.25) is 5.91 Å². The number of piperazine rings is 1. The van der Waals surface area contributed by atoms with E-state index in [9.17, 15) is 9.18 Å². The average Bonchev–Trinajstić information content (AvgIpc) is 2.61. The van der Waals surface area contributed by atoms with Crippen LogP contribution in [0.4, 0.5) is 4.39 Å². The lowest BCUT2D eigenvalue weighted by Crippen LogP contribution is -2.50. The number of rotatable bonds is 5. The summed E-state index contributed by atoms with van der Waals surface area (Å²) in [5, 5.41) is 3.36. The van der Waals surface area contributed by atoms with Gasteiger partial charge < -0.3 is 15.1 Å². The maximum Gasteiger partial charge on any atom is 0.219 e. The molecule has 2 rings (SSSR count). The van der Waals surface area contributed by atoms with Gasteiger partial charge in [-0.1, -0.05) is 12.1 Å². The Morgan fingerprint density at radius 3 is 2.44 bits per heavy atom. The topological polar surface area (TPSA) is 51.2 Å². The van der Waals surface area contributed by atoms with Gasteiger partial charge in [0.1, 0.15) is 5.82 Å². The number of aliphatic imine (C=N–C) groups is 1. The van der Waals surface area contributed by atoms with E-state index in [-0.39, 0.29) is 11.7 Å². The van der Waals surface area contributed by atoms with Crippen molar-refractivity contribution >= 4 is 11.9 Å². The zero-order valence-corrected chi connectivity index (χ0v) is 15.3. The highest BCUT2D eigenvalue weighted by Crippen LogP contribution is 2.06. The minimum atomic E-state index is -0.223. The molecular weight excluding hydrogens is 321 g/mol.